The third-order valence-corrected chi connectivity index (χ3v) is 2.95. The molecule has 0 amide bonds. The Labute approximate surface area is 119 Å². The van der Waals surface area contributed by atoms with Crippen LogP contribution in [0.1, 0.15) is 5.56 Å². The molecule has 0 aliphatic rings. The average Bonchev–Trinajstić information content (AvgIpc) is 2.40. The van der Waals surface area contributed by atoms with E-state index in [0.717, 1.165) is 16.1 Å². The molecular formula is C13H14BrNO4. The Bertz CT molecular complexity index is 525. The van der Waals surface area contributed by atoms with E-state index in [1.165, 1.54) is 14.2 Å². The normalized spacial score (nSPS) is 10.8. The number of methoxy groups -OCH3 is 2. The number of nitrogens with one attached hydrogen (secondary N) is 1. The van der Waals surface area contributed by atoms with Crippen LogP contribution in [-0.2, 0) is 19.1 Å². The molecule has 102 valence electrons. The topological polar surface area (TPSA) is 64.6 Å². The molecule has 0 aliphatic carbocycles. The van der Waals surface area contributed by atoms with Crippen LogP contribution in [0.3, 0.4) is 0 Å². The number of ether oxygens (including phenoxy) is 2. The molecule has 0 atom stereocenters. The molecule has 1 rings (SSSR count). The number of hydrogen-bond acceptors (Lipinski definition) is 5. The van der Waals surface area contributed by atoms with Crippen LogP contribution >= 0.6 is 15.9 Å². The summed E-state index contributed by atoms with van der Waals surface area (Å²) in [6, 6.07) is 5.58. The van der Waals surface area contributed by atoms with Crippen LogP contribution in [0.2, 0.25) is 0 Å². The summed E-state index contributed by atoms with van der Waals surface area (Å²) in [5.41, 5.74) is 1.66. The average molecular weight is 328 g/mol. The monoisotopic (exact) mass is 327 g/mol. The summed E-state index contributed by atoms with van der Waals surface area (Å²) < 4.78 is 9.86. The van der Waals surface area contributed by atoms with Gasteiger partial charge in [0.25, 0.3) is 0 Å². The maximum atomic E-state index is 11.6. The van der Waals surface area contributed by atoms with E-state index in [-0.39, 0.29) is 5.70 Å². The van der Waals surface area contributed by atoms with Crippen LogP contribution in [0.5, 0.6) is 0 Å². The zero-order chi connectivity index (χ0) is 14.4. The summed E-state index contributed by atoms with van der Waals surface area (Å²) in [5.74, 6) is -1.30. The molecule has 1 N–H and O–H groups in total. The van der Waals surface area contributed by atoms with E-state index >= 15 is 0 Å². The molecule has 5 nitrogen and oxygen atoms in total. The van der Waals surface area contributed by atoms with Crippen LogP contribution in [0.25, 0.3) is 0 Å². The third kappa shape index (κ3) is 4.40. The number of carbonyl (C=O) groups is 2. The van der Waals surface area contributed by atoms with E-state index in [4.69, 9.17) is 0 Å². The van der Waals surface area contributed by atoms with E-state index in [9.17, 15) is 9.59 Å². The molecule has 19 heavy (non-hydrogen) atoms. The molecule has 0 saturated carbocycles. The van der Waals surface area contributed by atoms with Crippen LogP contribution in [0, 0.1) is 6.92 Å². The Morgan fingerprint density at radius 3 is 2.53 bits per heavy atom. The highest BCUT2D eigenvalue weighted by molar-refractivity contribution is 9.10. The van der Waals surface area contributed by atoms with Gasteiger partial charge in [0, 0.05) is 4.47 Å². The van der Waals surface area contributed by atoms with Crippen LogP contribution in [0.4, 0.5) is 5.69 Å². The highest BCUT2D eigenvalue weighted by Crippen LogP contribution is 2.24. The molecular weight excluding hydrogens is 314 g/mol. The van der Waals surface area contributed by atoms with Crippen molar-refractivity contribution in [1.29, 1.82) is 0 Å². The minimum Gasteiger partial charge on any atom is -0.466 e. The number of hydrogen-bond donors (Lipinski definition) is 1. The molecule has 0 bridgehead atoms. The van der Waals surface area contributed by atoms with Gasteiger partial charge in [-0.25, -0.2) is 9.59 Å². The van der Waals surface area contributed by atoms with E-state index in [1.54, 1.807) is 0 Å². The maximum absolute atomic E-state index is 11.6. The van der Waals surface area contributed by atoms with Crippen molar-refractivity contribution in [3.05, 3.63) is 40.0 Å². The minimum absolute atomic E-state index is 0.000602. The van der Waals surface area contributed by atoms with Gasteiger partial charge >= 0.3 is 11.9 Å². The first-order valence-electron chi connectivity index (χ1n) is 5.39. The molecule has 1 aromatic rings. The van der Waals surface area contributed by atoms with Gasteiger partial charge < -0.3 is 14.8 Å². The number of esters is 2. The summed E-state index contributed by atoms with van der Waals surface area (Å²) in [6.45, 7) is 1.92. The largest absolute Gasteiger partial charge is 0.466 e. The zero-order valence-electron chi connectivity index (χ0n) is 10.8. The van der Waals surface area contributed by atoms with Gasteiger partial charge in [-0.2, -0.15) is 0 Å². The lowest BCUT2D eigenvalue weighted by Crippen LogP contribution is -2.15. The van der Waals surface area contributed by atoms with E-state index in [1.807, 2.05) is 25.1 Å². The highest BCUT2D eigenvalue weighted by Gasteiger charge is 2.14. The Morgan fingerprint density at radius 1 is 1.26 bits per heavy atom. The third-order valence-electron chi connectivity index (χ3n) is 2.26. The molecule has 0 saturated heterocycles. The lowest BCUT2D eigenvalue weighted by Gasteiger charge is -2.11. The zero-order valence-corrected chi connectivity index (χ0v) is 12.4. The van der Waals surface area contributed by atoms with E-state index in [2.05, 4.69) is 30.7 Å². The van der Waals surface area contributed by atoms with Crippen molar-refractivity contribution in [2.24, 2.45) is 0 Å². The first kappa shape index (κ1) is 15.2. The number of halogens is 1. The van der Waals surface area contributed by atoms with Gasteiger partial charge in [0.2, 0.25) is 0 Å². The van der Waals surface area contributed by atoms with Gasteiger partial charge in [-0.15, -0.1) is 0 Å². The second kappa shape index (κ2) is 6.94. The smallest absolute Gasteiger partial charge is 0.354 e. The number of rotatable bonds is 4. The van der Waals surface area contributed by atoms with E-state index in [0.29, 0.717) is 5.69 Å². The van der Waals surface area contributed by atoms with Crippen molar-refractivity contribution >= 4 is 33.6 Å². The van der Waals surface area contributed by atoms with Crippen molar-refractivity contribution in [2.75, 3.05) is 19.5 Å². The standard InChI is InChI=1S/C13H14BrNO4/c1-8-4-5-9(14)10(6-8)15-11(13(17)19-3)7-12(16)18-2/h4-7,15H,1-3H3/b11-7+. The van der Waals surface area contributed by atoms with Crippen molar-refractivity contribution in [3.63, 3.8) is 0 Å². The predicted molar refractivity (Wildman–Crippen MR) is 74.6 cm³/mol. The predicted octanol–water partition coefficient (Wildman–Crippen LogP) is 2.40. The molecule has 0 radical (unpaired) electrons. The SMILES string of the molecule is COC(=O)/C=C(/Nc1cc(C)ccc1Br)C(=O)OC. The van der Waals surface area contributed by atoms with Gasteiger partial charge in [-0.1, -0.05) is 6.07 Å². The lowest BCUT2D eigenvalue weighted by atomic mass is 10.2. The fraction of sp³-hybridized carbons (Fsp3) is 0.231. The van der Waals surface area contributed by atoms with Crippen molar-refractivity contribution in [1.82, 2.24) is 0 Å². The van der Waals surface area contributed by atoms with Crippen molar-refractivity contribution in [2.45, 2.75) is 6.92 Å². The van der Waals surface area contributed by atoms with Crippen LogP contribution < -0.4 is 5.32 Å². The first-order chi connectivity index (χ1) is 8.97. The van der Waals surface area contributed by atoms with Crippen LogP contribution in [-0.4, -0.2) is 26.2 Å². The minimum atomic E-state index is -0.654. The second-order valence-corrected chi connectivity index (χ2v) is 4.54. The van der Waals surface area contributed by atoms with Crippen LogP contribution in [0.15, 0.2) is 34.4 Å². The Kier molecular flexibility index (Phi) is 5.57. The first-order valence-corrected chi connectivity index (χ1v) is 6.18. The number of benzene rings is 1. The molecule has 0 fully saturated rings. The fourth-order valence-electron chi connectivity index (χ4n) is 1.31. The quantitative estimate of drug-likeness (QED) is 0.679. The Hall–Kier alpha value is -1.82. The molecule has 1 aromatic carbocycles. The Morgan fingerprint density at radius 2 is 1.95 bits per heavy atom. The summed E-state index contributed by atoms with van der Waals surface area (Å²) in [7, 11) is 2.47. The summed E-state index contributed by atoms with van der Waals surface area (Å²) in [6.07, 6.45) is 1.04. The second-order valence-electron chi connectivity index (χ2n) is 3.68. The highest BCUT2D eigenvalue weighted by atomic mass is 79.9. The molecule has 0 unspecified atom stereocenters. The van der Waals surface area contributed by atoms with Gasteiger partial charge in [-0.3, -0.25) is 0 Å². The maximum Gasteiger partial charge on any atom is 0.354 e. The fourth-order valence-corrected chi connectivity index (χ4v) is 1.66. The molecule has 0 spiro atoms. The van der Waals surface area contributed by atoms with Crippen molar-refractivity contribution in [3.8, 4) is 0 Å². The van der Waals surface area contributed by atoms with Gasteiger partial charge in [-0.05, 0) is 40.5 Å². The number of aryl methyl sites for hydroxylation is 1. The summed E-state index contributed by atoms with van der Waals surface area (Å²) in [5, 5.41) is 2.84. The molecule has 0 aromatic heterocycles. The van der Waals surface area contributed by atoms with Gasteiger partial charge in [0.1, 0.15) is 5.70 Å². The molecule has 0 heterocycles. The van der Waals surface area contributed by atoms with E-state index < -0.39 is 11.9 Å². The molecule has 0 aliphatic heterocycles. The number of anilines is 1. The molecule has 6 heteroatoms. The van der Waals surface area contributed by atoms with Crippen molar-refractivity contribution < 1.29 is 19.1 Å². The lowest BCUT2D eigenvalue weighted by molar-refractivity contribution is -0.138. The van der Waals surface area contributed by atoms with Gasteiger partial charge in [0.05, 0.1) is 26.0 Å². The number of carbonyl (C=O) groups excluding carboxylic acids is 2. The summed E-state index contributed by atoms with van der Waals surface area (Å²) >= 11 is 3.36. The Balaban J connectivity index is 3.07. The van der Waals surface area contributed by atoms with Gasteiger partial charge in [0.15, 0.2) is 0 Å². The summed E-state index contributed by atoms with van der Waals surface area (Å²) in [4.78, 5) is 22.8.